The summed E-state index contributed by atoms with van der Waals surface area (Å²) >= 11 is 0. The van der Waals surface area contributed by atoms with Gasteiger partial charge < -0.3 is 10.2 Å². The van der Waals surface area contributed by atoms with Gasteiger partial charge in [-0.1, -0.05) is 6.07 Å². The van der Waals surface area contributed by atoms with Crippen molar-refractivity contribution < 1.29 is 5.21 Å². The molecular weight excluding hydrogens is 206 g/mol. The average Bonchev–Trinajstić information content (AvgIpc) is 3.02. The van der Waals surface area contributed by atoms with Crippen molar-refractivity contribution in [3.63, 3.8) is 0 Å². The molecule has 1 heterocycles. The van der Waals surface area contributed by atoms with Gasteiger partial charge in [-0.15, -0.1) is 0 Å². The smallest absolute Gasteiger partial charge is 0.316 e. The molecule has 16 heavy (non-hydrogen) atoms. The first-order valence-electron chi connectivity index (χ1n) is 5.39. The number of H-pyrrole nitrogens is 1. The van der Waals surface area contributed by atoms with Crippen molar-refractivity contribution in [2.45, 2.75) is 25.4 Å². The third-order valence-corrected chi connectivity index (χ3v) is 2.98. The molecule has 1 fully saturated rings. The van der Waals surface area contributed by atoms with Crippen LogP contribution < -0.4 is 11.2 Å². The van der Waals surface area contributed by atoms with Crippen LogP contribution in [0.3, 0.4) is 0 Å². The number of rotatable bonds is 3. The van der Waals surface area contributed by atoms with Gasteiger partial charge in [-0.25, -0.2) is 10.3 Å². The number of hydroxylamine groups is 1. The van der Waals surface area contributed by atoms with Crippen molar-refractivity contribution in [1.29, 1.82) is 0 Å². The maximum Gasteiger partial charge on any atom is 0.326 e. The van der Waals surface area contributed by atoms with Gasteiger partial charge in [0.05, 0.1) is 11.0 Å². The quantitative estimate of drug-likeness (QED) is 0.678. The molecule has 1 saturated carbocycles. The zero-order valence-corrected chi connectivity index (χ0v) is 8.73. The topological polar surface area (TPSA) is 70.1 Å². The summed E-state index contributed by atoms with van der Waals surface area (Å²) in [7, 11) is 0. The van der Waals surface area contributed by atoms with Gasteiger partial charge in [-0.05, 0) is 30.5 Å². The number of hydrogen-bond donors (Lipinski definition) is 3. The van der Waals surface area contributed by atoms with Crippen LogP contribution in [-0.4, -0.2) is 14.8 Å². The van der Waals surface area contributed by atoms with Crippen LogP contribution in [0.1, 0.15) is 24.4 Å². The maximum absolute atomic E-state index is 11.7. The standard InChI is InChI=1S/C11H13N3O2/c15-11-13-9-5-7(6-12-16)1-4-10(9)14(11)8-2-3-8/h1,4-5,8,12,16H,2-3,6H2,(H,13,15). The van der Waals surface area contributed by atoms with E-state index in [1.54, 1.807) is 0 Å². The van der Waals surface area contributed by atoms with Crippen molar-refractivity contribution in [3.05, 3.63) is 34.2 Å². The minimum Gasteiger partial charge on any atom is -0.316 e. The molecule has 0 amide bonds. The van der Waals surface area contributed by atoms with Crippen molar-refractivity contribution in [2.24, 2.45) is 0 Å². The molecule has 0 unspecified atom stereocenters. The Balaban J connectivity index is 2.15. The second-order valence-electron chi connectivity index (χ2n) is 4.22. The Hall–Kier alpha value is -1.59. The Bertz CT molecular complexity index is 580. The first-order chi connectivity index (χ1) is 7.79. The van der Waals surface area contributed by atoms with E-state index in [9.17, 15) is 4.79 Å². The lowest BCUT2D eigenvalue weighted by molar-refractivity contribution is 0.161. The van der Waals surface area contributed by atoms with Gasteiger partial charge in [0, 0.05) is 12.6 Å². The molecule has 5 heteroatoms. The van der Waals surface area contributed by atoms with E-state index in [4.69, 9.17) is 5.21 Å². The van der Waals surface area contributed by atoms with Crippen LogP contribution in [0.25, 0.3) is 11.0 Å². The lowest BCUT2D eigenvalue weighted by Gasteiger charge is -2.01. The van der Waals surface area contributed by atoms with Crippen molar-refractivity contribution in [3.8, 4) is 0 Å². The highest BCUT2D eigenvalue weighted by Crippen LogP contribution is 2.35. The molecule has 5 nitrogen and oxygen atoms in total. The summed E-state index contributed by atoms with van der Waals surface area (Å²) < 4.78 is 1.82. The summed E-state index contributed by atoms with van der Waals surface area (Å²) in [5.41, 5.74) is 4.81. The zero-order chi connectivity index (χ0) is 11.1. The number of aromatic amines is 1. The van der Waals surface area contributed by atoms with E-state index < -0.39 is 0 Å². The first kappa shape index (κ1) is 9.62. The fraction of sp³-hybridized carbons (Fsp3) is 0.364. The monoisotopic (exact) mass is 219 g/mol. The molecule has 2 aromatic rings. The average molecular weight is 219 g/mol. The normalized spacial score (nSPS) is 15.8. The molecule has 1 aromatic carbocycles. The molecular formula is C11H13N3O2. The minimum absolute atomic E-state index is 0.0355. The number of imidazole rings is 1. The van der Waals surface area contributed by atoms with Crippen LogP contribution in [0.4, 0.5) is 0 Å². The summed E-state index contributed by atoms with van der Waals surface area (Å²) in [4.78, 5) is 14.6. The van der Waals surface area contributed by atoms with Crippen LogP contribution in [0.5, 0.6) is 0 Å². The Morgan fingerprint density at radius 2 is 2.31 bits per heavy atom. The zero-order valence-electron chi connectivity index (χ0n) is 8.73. The van der Waals surface area contributed by atoms with E-state index >= 15 is 0 Å². The predicted molar refractivity (Wildman–Crippen MR) is 59.5 cm³/mol. The summed E-state index contributed by atoms with van der Waals surface area (Å²) in [6, 6.07) is 6.11. The third-order valence-electron chi connectivity index (χ3n) is 2.98. The predicted octanol–water partition coefficient (Wildman–Crippen LogP) is 1.14. The molecule has 1 aliphatic carbocycles. The van der Waals surface area contributed by atoms with Crippen molar-refractivity contribution in [1.82, 2.24) is 15.0 Å². The first-order valence-corrected chi connectivity index (χ1v) is 5.39. The fourth-order valence-corrected chi connectivity index (χ4v) is 2.07. The summed E-state index contributed by atoms with van der Waals surface area (Å²) in [5.74, 6) is 0. The molecule has 3 N–H and O–H groups in total. The summed E-state index contributed by atoms with van der Waals surface area (Å²) in [5, 5.41) is 8.62. The Labute approximate surface area is 91.7 Å². The number of nitrogens with one attached hydrogen (secondary N) is 2. The van der Waals surface area contributed by atoms with Crippen LogP contribution in [0, 0.1) is 0 Å². The van der Waals surface area contributed by atoms with Gasteiger partial charge in [0.15, 0.2) is 0 Å². The number of hydrogen-bond acceptors (Lipinski definition) is 3. The van der Waals surface area contributed by atoms with E-state index in [1.807, 2.05) is 22.8 Å². The third kappa shape index (κ3) is 1.45. The van der Waals surface area contributed by atoms with E-state index in [1.165, 1.54) is 0 Å². The molecule has 0 bridgehead atoms. The Kier molecular flexibility index (Phi) is 2.08. The van der Waals surface area contributed by atoms with Gasteiger partial charge in [0.2, 0.25) is 0 Å². The van der Waals surface area contributed by atoms with E-state index in [0.717, 1.165) is 29.4 Å². The number of fused-ring (bicyclic) bond motifs is 1. The highest BCUT2D eigenvalue weighted by atomic mass is 16.5. The maximum atomic E-state index is 11.7. The van der Waals surface area contributed by atoms with Crippen LogP contribution in [0.2, 0.25) is 0 Å². The summed E-state index contributed by atoms with van der Waals surface area (Å²) in [6.07, 6.45) is 2.18. The highest BCUT2D eigenvalue weighted by Gasteiger charge is 2.26. The lowest BCUT2D eigenvalue weighted by atomic mass is 10.2. The molecule has 0 spiro atoms. The van der Waals surface area contributed by atoms with Gasteiger partial charge in [-0.3, -0.25) is 4.57 Å². The van der Waals surface area contributed by atoms with Crippen LogP contribution in [0.15, 0.2) is 23.0 Å². The molecule has 3 rings (SSSR count). The fourth-order valence-electron chi connectivity index (χ4n) is 2.07. The Morgan fingerprint density at radius 3 is 3.00 bits per heavy atom. The molecule has 0 atom stereocenters. The van der Waals surface area contributed by atoms with Crippen LogP contribution >= 0.6 is 0 Å². The van der Waals surface area contributed by atoms with Crippen molar-refractivity contribution >= 4 is 11.0 Å². The molecule has 0 saturated heterocycles. The number of aromatic nitrogens is 2. The second kappa shape index (κ2) is 3.47. The molecule has 0 radical (unpaired) electrons. The molecule has 84 valence electrons. The second-order valence-corrected chi connectivity index (χ2v) is 4.22. The van der Waals surface area contributed by atoms with Gasteiger partial charge >= 0.3 is 5.69 Å². The van der Waals surface area contributed by atoms with Crippen molar-refractivity contribution in [2.75, 3.05) is 0 Å². The minimum atomic E-state index is -0.0355. The largest absolute Gasteiger partial charge is 0.326 e. The van der Waals surface area contributed by atoms with Gasteiger partial charge in [0.25, 0.3) is 0 Å². The molecule has 1 aromatic heterocycles. The van der Waals surface area contributed by atoms with Gasteiger partial charge in [0.1, 0.15) is 0 Å². The highest BCUT2D eigenvalue weighted by molar-refractivity contribution is 5.76. The SMILES string of the molecule is O=c1[nH]c2cc(CNO)ccc2n1C1CC1. The Morgan fingerprint density at radius 1 is 1.50 bits per heavy atom. The molecule has 1 aliphatic rings. The number of benzene rings is 1. The van der Waals surface area contributed by atoms with Gasteiger partial charge in [-0.2, -0.15) is 0 Å². The van der Waals surface area contributed by atoms with E-state index in [0.29, 0.717) is 12.6 Å². The van der Waals surface area contributed by atoms with Crippen LogP contribution in [-0.2, 0) is 6.54 Å². The molecule has 0 aliphatic heterocycles. The van der Waals surface area contributed by atoms with E-state index in [2.05, 4.69) is 10.5 Å². The number of nitrogens with zero attached hydrogens (tertiary/aromatic N) is 1. The van der Waals surface area contributed by atoms with E-state index in [-0.39, 0.29) is 5.69 Å². The lowest BCUT2D eigenvalue weighted by Crippen LogP contribution is -2.14. The summed E-state index contributed by atoms with van der Waals surface area (Å²) in [6.45, 7) is 0.382.